The number of likely N-dealkylation sites (tertiary alicyclic amines) is 2. The maximum atomic E-state index is 14.2. The lowest BCUT2D eigenvalue weighted by atomic mass is 9.74. The Labute approximate surface area is 236 Å². The normalized spacial score (nSPS) is 33.7. The second-order valence-electron chi connectivity index (χ2n) is 12.2. The van der Waals surface area contributed by atoms with Crippen LogP contribution in [0.25, 0.3) is 0 Å². The number of hydrogen-bond donors (Lipinski definition) is 2. The van der Waals surface area contributed by atoms with E-state index in [0.717, 1.165) is 45.1 Å². The van der Waals surface area contributed by atoms with Crippen LogP contribution in [0.3, 0.4) is 0 Å². The van der Waals surface area contributed by atoms with Gasteiger partial charge < -0.3 is 25.0 Å². The SMILES string of the molecule is COc1cccc(NC(=O)C2[C@@H]3C=CC4(O3)C(C(=O)NC3CCCCC3)N(CCN3CCCCC3C)C(=O)[C@H]24)c1. The molecular formula is C31H42N4O5. The first-order valence-electron chi connectivity index (χ1n) is 15.1. The van der Waals surface area contributed by atoms with E-state index in [2.05, 4.69) is 22.5 Å². The Bertz CT molecular complexity index is 1170. The molecule has 6 atom stereocenters. The number of nitrogens with one attached hydrogen (secondary N) is 2. The maximum Gasteiger partial charge on any atom is 0.246 e. The highest BCUT2D eigenvalue weighted by Crippen LogP contribution is 2.55. The fraction of sp³-hybridized carbons (Fsp3) is 0.645. The van der Waals surface area contributed by atoms with Crippen molar-refractivity contribution in [1.82, 2.24) is 15.1 Å². The number of methoxy groups -OCH3 is 1. The zero-order chi connectivity index (χ0) is 27.9. The fourth-order valence-electron chi connectivity index (χ4n) is 7.69. The van der Waals surface area contributed by atoms with E-state index in [-0.39, 0.29) is 23.8 Å². The number of rotatable bonds is 8. The second kappa shape index (κ2) is 11.2. The summed E-state index contributed by atoms with van der Waals surface area (Å²) in [6, 6.07) is 6.94. The molecule has 1 aromatic carbocycles. The van der Waals surface area contributed by atoms with Crippen molar-refractivity contribution in [2.45, 2.75) is 88.1 Å². The minimum atomic E-state index is -1.13. The van der Waals surface area contributed by atoms with Crippen LogP contribution in [-0.2, 0) is 19.1 Å². The first kappa shape index (κ1) is 27.3. The van der Waals surface area contributed by atoms with Crippen LogP contribution in [0.15, 0.2) is 36.4 Å². The van der Waals surface area contributed by atoms with E-state index < -0.39 is 29.6 Å². The second-order valence-corrected chi connectivity index (χ2v) is 12.2. The molecule has 1 spiro atoms. The van der Waals surface area contributed by atoms with E-state index in [1.54, 1.807) is 24.1 Å². The number of hydrogen-bond acceptors (Lipinski definition) is 6. The molecule has 4 aliphatic heterocycles. The van der Waals surface area contributed by atoms with Crippen molar-refractivity contribution in [3.8, 4) is 5.75 Å². The van der Waals surface area contributed by atoms with Gasteiger partial charge in [-0.05, 0) is 51.3 Å². The molecule has 0 aromatic heterocycles. The molecule has 4 heterocycles. The van der Waals surface area contributed by atoms with E-state index in [0.29, 0.717) is 30.6 Å². The van der Waals surface area contributed by atoms with Gasteiger partial charge in [0.1, 0.15) is 17.4 Å². The van der Waals surface area contributed by atoms with Gasteiger partial charge in [-0.25, -0.2) is 0 Å². The van der Waals surface area contributed by atoms with Crippen molar-refractivity contribution in [3.63, 3.8) is 0 Å². The topological polar surface area (TPSA) is 100 Å². The predicted molar refractivity (Wildman–Crippen MR) is 151 cm³/mol. The van der Waals surface area contributed by atoms with E-state index >= 15 is 0 Å². The summed E-state index contributed by atoms with van der Waals surface area (Å²) in [4.78, 5) is 46.0. The minimum absolute atomic E-state index is 0.116. The zero-order valence-corrected chi connectivity index (χ0v) is 23.6. The van der Waals surface area contributed by atoms with Crippen LogP contribution < -0.4 is 15.4 Å². The maximum absolute atomic E-state index is 14.2. The summed E-state index contributed by atoms with van der Waals surface area (Å²) in [5, 5.41) is 6.25. The lowest BCUT2D eigenvalue weighted by Gasteiger charge is -2.37. The summed E-state index contributed by atoms with van der Waals surface area (Å²) in [5.41, 5.74) is -0.539. The Morgan fingerprint density at radius 3 is 2.65 bits per heavy atom. The molecule has 1 aromatic rings. The molecule has 40 heavy (non-hydrogen) atoms. The third kappa shape index (κ3) is 4.81. The third-order valence-electron chi connectivity index (χ3n) is 9.78. The van der Waals surface area contributed by atoms with E-state index in [9.17, 15) is 14.4 Å². The molecule has 1 aliphatic carbocycles. The molecule has 3 amide bonds. The van der Waals surface area contributed by atoms with Crippen LogP contribution in [0, 0.1) is 11.8 Å². The molecule has 0 radical (unpaired) electrons. The summed E-state index contributed by atoms with van der Waals surface area (Å²) in [7, 11) is 1.58. The quantitative estimate of drug-likeness (QED) is 0.483. The van der Waals surface area contributed by atoms with Gasteiger partial charge >= 0.3 is 0 Å². The Kier molecular flexibility index (Phi) is 7.61. The lowest BCUT2D eigenvalue weighted by molar-refractivity contribution is -0.141. The van der Waals surface area contributed by atoms with Gasteiger partial charge in [-0.1, -0.05) is 43.9 Å². The van der Waals surface area contributed by atoms with Gasteiger partial charge in [-0.3, -0.25) is 19.3 Å². The average molecular weight is 551 g/mol. The van der Waals surface area contributed by atoms with Crippen LogP contribution in [0.2, 0.25) is 0 Å². The summed E-state index contributed by atoms with van der Waals surface area (Å²) < 4.78 is 11.8. The van der Waals surface area contributed by atoms with Crippen molar-refractivity contribution < 1.29 is 23.9 Å². The van der Waals surface area contributed by atoms with E-state index in [1.807, 2.05) is 24.3 Å². The van der Waals surface area contributed by atoms with Crippen molar-refractivity contribution in [3.05, 3.63) is 36.4 Å². The molecule has 9 heteroatoms. The molecular weight excluding hydrogens is 508 g/mol. The number of anilines is 1. The standard InChI is InChI=1S/C31H42N4O5/c1-20-9-6-7-16-34(20)17-18-35-27(29(37)32-21-10-4-3-5-11-21)31-15-14-24(40-31)25(26(31)30(35)38)28(36)33-22-12-8-13-23(19-22)39-2/h8,12-15,19-21,24-27H,3-7,9-11,16-18H2,1-2H3,(H,32,37)(H,33,36)/t20?,24-,25?,26-,27?,31?/m0/s1. The first-order chi connectivity index (χ1) is 19.4. The van der Waals surface area contributed by atoms with Crippen LogP contribution in [-0.4, -0.2) is 84.1 Å². The van der Waals surface area contributed by atoms with Crippen molar-refractivity contribution in [1.29, 1.82) is 0 Å². The molecule has 2 N–H and O–H groups in total. The molecule has 4 unspecified atom stereocenters. The smallest absolute Gasteiger partial charge is 0.246 e. The highest BCUT2D eigenvalue weighted by atomic mass is 16.5. The Balaban J connectivity index is 1.27. The molecule has 1 saturated carbocycles. The number of fused-ring (bicyclic) bond motifs is 1. The molecule has 3 saturated heterocycles. The van der Waals surface area contributed by atoms with E-state index in [1.165, 1.54) is 12.8 Å². The number of benzene rings is 1. The van der Waals surface area contributed by atoms with Crippen molar-refractivity contribution >= 4 is 23.4 Å². The van der Waals surface area contributed by atoms with Crippen LogP contribution >= 0.6 is 0 Å². The Hall–Kier alpha value is -2.91. The third-order valence-corrected chi connectivity index (χ3v) is 9.78. The molecule has 9 nitrogen and oxygen atoms in total. The highest BCUT2D eigenvalue weighted by molar-refractivity contribution is 6.02. The van der Waals surface area contributed by atoms with Crippen LogP contribution in [0.1, 0.15) is 58.3 Å². The predicted octanol–water partition coefficient (Wildman–Crippen LogP) is 3.11. The Morgan fingerprint density at radius 1 is 1.07 bits per heavy atom. The summed E-state index contributed by atoms with van der Waals surface area (Å²) in [6.07, 6.45) is 12.0. The van der Waals surface area contributed by atoms with Crippen LogP contribution in [0.5, 0.6) is 5.75 Å². The molecule has 6 rings (SSSR count). The monoisotopic (exact) mass is 550 g/mol. The number of nitrogens with zero attached hydrogens (tertiary/aromatic N) is 2. The minimum Gasteiger partial charge on any atom is -0.497 e. The van der Waals surface area contributed by atoms with Crippen molar-refractivity contribution in [2.24, 2.45) is 11.8 Å². The number of piperidine rings is 1. The number of amides is 3. The van der Waals surface area contributed by atoms with Crippen LogP contribution in [0.4, 0.5) is 5.69 Å². The van der Waals surface area contributed by atoms with Gasteiger partial charge in [0.05, 0.1) is 25.0 Å². The van der Waals surface area contributed by atoms with Gasteiger partial charge in [0, 0.05) is 36.9 Å². The first-order valence-corrected chi connectivity index (χ1v) is 15.1. The molecule has 2 bridgehead atoms. The largest absolute Gasteiger partial charge is 0.497 e. The molecule has 4 fully saturated rings. The number of carbonyl (C=O) groups excluding carboxylic acids is 3. The lowest BCUT2D eigenvalue weighted by Crippen LogP contribution is -2.57. The summed E-state index contributed by atoms with van der Waals surface area (Å²) in [6.45, 7) is 4.38. The fourth-order valence-corrected chi connectivity index (χ4v) is 7.69. The zero-order valence-electron chi connectivity index (χ0n) is 23.6. The van der Waals surface area contributed by atoms with Gasteiger partial charge in [0.2, 0.25) is 17.7 Å². The van der Waals surface area contributed by atoms with Gasteiger partial charge in [0.15, 0.2) is 0 Å². The van der Waals surface area contributed by atoms with E-state index in [4.69, 9.17) is 9.47 Å². The molecule has 5 aliphatic rings. The summed E-state index contributed by atoms with van der Waals surface area (Å²) >= 11 is 0. The van der Waals surface area contributed by atoms with Gasteiger partial charge in [0.25, 0.3) is 0 Å². The van der Waals surface area contributed by atoms with Crippen molar-refractivity contribution in [2.75, 3.05) is 32.1 Å². The highest BCUT2D eigenvalue weighted by Gasteiger charge is 2.72. The van der Waals surface area contributed by atoms with Gasteiger partial charge in [-0.15, -0.1) is 0 Å². The van der Waals surface area contributed by atoms with Gasteiger partial charge in [-0.2, -0.15) is 0 Å². The average Bonchev–Trinajstić information content (AvgIpc) is 3.60. The number of ether oxygens (including phenoxy) is 2. The Morgan fingerprint density at radius 2 is 1.88 bits per heavy atom. The summed E-state index contributed by atoms with van der Waals surface area (Å²) in [5.74, 6) is -1.42. The molecule has 216 valence electrons. The number of carbonyl (C=O) groups is 3.